The first-order valence-corrected chi connectivity index (χ1v) is 7.26. The van der Waals surface area contributed by atoms with Gasteiger partial charge in [0.05, 0.1) is 20.5 Å². The van der Waals surface area contributed by atoms with Crippen LogP contribution < -0.4 is 4.74 Å². The lowest BCUT2D eigenvalue weighted by molar-refractivity contribution is -0.148. The number of hydrogen-bond acceptors (Lipinski definition) is 6. The van der Waals surface area contributed by atoms with Gasteiger partial charge in [-0.05, 0) is 17.7 Å². The van der Waals surface area contributed by atoms with Crippen molar-refractivity contribution in [3.05, 3.63) is 29.8 Å². The van der Waals surface area contributed by atoms with Gasteiger partial charge in [0.1, 0.15) is 5.75 Å². The third-order valence-corrected chi connectivity index (χ3v) is 2.92. The molecule has 7 heteroatoms. The highest BCUT2D eigenvalue weighted by atomic mass is 32.2. The Hall–Kier alpha value is -1.60. The van der Waals surface area contributed by atoms with Crippen molar-refractivity contribution in [3.63, 3.8) is 0 Å². The monoisotopic (exact) mass is 288 g/mol. The number of hydrogen-bond donors (Lipinski definition) is 0. The van der Waals surface area contributed by atoms with Crippen molar-refractivity contribution >= 4 is 16.1 Å². The van der Waals surface area contributed by atoms with E-state index in [0.717, 1.165) is 11.8 Å². The number of esters is 1. The van der Waals surface area contributed by atoms with E-state index in [0.29, 0.717) is 5.75 Å². The molecule has 0 aliphatic heterocycles. The van der Waals surface area contributed by atoms with Gasteiger partial charge in [0, 0.05) is 6.42 Å². The van der Waals surface area contributed by atoms with Gasteiger partial charge in [-0.1, -0.05) is 12.1 Å². The first kappa shape index (κ1) is 15.5. The van der Waals surface area contributed by atoms with Gasteiger partial charge in [-0.3, -0.25) is 4.18 Å². The maximum absolute atomic E-state index is 11.5. The molecule has 106 valence electrons. The molecule has 0 aromatic heterocycles. The minimum atomic E-state index is -3.74. The van der Waals surface area contributed by atoms with E-state index in [1.165, 1.54) is 7.11 Å². The van der Waals surface area contributed by atoms with E-state index >= 15 is 0 Å². The van der Waals surface area contributed by atoms with E-state index < -0.39 is 22.2 Å². The average Bonchev–Trinajstić information content (AvgIpc) is 2.36. The number of carbonyl (C=O) groups is 1. The predicted octanol–water partition coefficient (Wildman–Crippen LogP) is 0.756. The fourth-order valence-corrected chi connectivity index (χ4v) is 2.04. The second-order valence-corrected chi connectivity index (χ2v) is 5.47. The Kier molecular flexibility index (Phi) is 5.31. The number of carbonyl (C=O) groups excluding carboxylic acids is 1. The van der Waals surface area contributed by atoms with Crippen LogP contribution >= 0.6 is 0 Å². The van der Waals surface area contributed by atoms with E-state index in [9.17, 15) is 13.2 Å². The molecule has 0 saturated heterocycles. The summed E-state index contributed by atoms with van der Waals surface area (Å²) in [5.74, 6) is -0.0661. The van der Waals surface area contributed by atoms with Crippen LogP contribution in [-0.2, 0) is 30.3 Å². The molecule has 0 aliphatic rings. The molecule has 1 aromatic rings. The summed E-state index contributed by atoms with van der Waals surface area (Å²) in [6.07, 6.45) is -0.200. The molecule has 0 radical (unpaired) electrons. The average molecular weight is 288 g/mol. The van der Waals surface area contributed by atoms with Gasteiger partial charge >= 0.3 is 5.97 Å². The summed E-state index contributed by atoms with van der Waals surface area (Å²) in [7, 11) is -1.02. The quantitative estimate of drug-likeness (QED) is 0.568. The maximum Gasteiger partial charge on any atom is 0.336 e. The summed E-state index contributed by atoms with van der Waals surface area (Å²) in [6, 6.07) is 6.87. The highest BCUT2D eigenvalue weighted by molar-refractivity contribution is 7.86. The zero-order valence-corrected chi connectivity index (χ0v) is 11.8. The summed E-state index contributed by atoms with van der Waals surface area (Å²) in [5, 5.41) is 0. The van der Waals surface area contributed by atoms with Crippen LogP contribution in [0.5, 0.6) is 5.75 Å². The minimum Gasteiger partial charge on any atom is -0.497 e. The summed E-state index contributed by atoms with van der Waals surface area (Å²) in [6.45, 7) is 0. The first-order chi connectivity index (χ1) is 8.85. The molecule has 1 rings (SSSR count). The Balaban J connectivity index is 2.84. The van der Waals surface area contributed by atoms with E-state index in [-0.39, 0.29) is 6.42 Å². The molecule has 0 spiro atoms. The molecule has 0 aliphatic carbocycles. The van der Waals surface area contributed by atoms with Gasteiger partial charge in [-0.15, -0.1) is 0 Å². The molecule has 1 atom stereocenters. The van der Waals surface area contributed by atoms with Crippen LogP contribution in [-0.4, -0.2) is 41.0 Å². The van der Waals surface area contributed by atoms with Crippen molar-refractivity contribution in [2.24, 2.45) is 0 Å². The second-order valence-electron chi connectivity index (χ2n) is 3.86. The van der Waals surface area contributed by atoms with Crippen LogP contribution in [0.25, 0.3) is 0 Å². The predicted molar refractivity (Wildman–Crippen MR) is 68.4 cm³/mol. The molecule has 6 nitrogen and oxygen atoms in total. The van der Waals surface area contributed by atoms with Crippen LogP contribution in [0.1, 0.15) is 5.56 Å². The molecular formula is C12H16O6S. The Morgan fingerprint density at radius 2 is 1.79 bits per heavy atom. The molecule has 0 saturated carbocycles. The molecule has 0 bridgehead atoms. The van der Waals surface area contributed by atoms with Crippen LogP contribution in [0.2, 0.25) is 0 Å². The van der Waals surface area contributed by atoms with Crippen LogP contribution in [0.15, 0.2) is 24.3 Å². The van der Waals surface area contributed by atoms with Crippen LogP contribution in [0.3, 0.4) is 0 Å². The van der Waals surface area contributed by atoms with Gasteiger partial charge in [0.2, 0.25) is 0 Å². The fourth-order valence-electron chi connectivity index (χ4n) is 1.47. The number of benzene rings is 1. The highest BCUT2D eigenvalue weighted by Gasteiger charge is 2.25. The van der Waals surface area contributed by atoms with Crippen molar-refractivity contribution in [1.82, 2.24) is 0 Å². The van der Waals surface area contributed by atoms with E-state index in [2.05, 4.69) is 4.74 Å². The van der Waals surface area contributed by atoms with Crippen LogP contribution in [0, 0.1) is 0 Å². The van der Waals surface area contributed by atoms with E-state index in [1.54, 1.807) is 31.4 Å². The Bertz CT molecular complexity index is 520. The molecular weight excluding hydrogens is 272 g/mol. The van der Waals surface area contributed by atoms with Crippen molar-refractivity contribution in [1.29, 1.82) is 0 Å². The topological polar surface area (TPSA) is 78.9 Å². The normalized spacial score (nSPS) is 12.8. The molecule has 19 heavy (non-hydrogen) atoms. The van der Waals surface area contributed by atoms with Crippen molar-refractivity contribution in [3.8, 4) is 5.75 Å². The van der Waals surface area contributed by atoms with Gasteiger partial charge in [-0.25, -0.2) is 4.79 Å². The number of methoxy groups -OCH3 is 2. The third-order valence-electron chi connectivity index (χ3n) is 2.34. The molecule has 0 fully saturated rings. The second kappa shape index (κ2) is 6.53. The standard InChI is InChI=1S/C12H16O6S/c1-16-10-6-4-9(5-7-10)8-11(12(13)17-2)18-19(3,14)15/h4-7,11H,8H2,1-3H3. The first-order valence-electron chi connectivity index (χ1n) is 5.44. The lowest BCUT2D eigenvalue weighted by Gasteiger charge is -2.14. The van der Waals surface area contributed by atoms with Crippen LogP contribution in [0.4, 0.5) is 0 Å². The molecule has 0 N–H and O–H groups in total. The summed E-state index contributed by atoms with van der Waals surface area (Å²) in [5.41, 5.74) is 0.736. The van der Waals surface area contributed by atoms with E-state index in [1.807, 2.05) is 0 Å². The summed E-state index contributed by atoms with van der Waals surface area (Å²) < 4.78 is 36.4. The Morgan fingerprint density at radius 3 is 2.21 bits per heavy atom. The zero-order valence-electron chi connectivity index (χ0n) is 11.0. The van der Waals surface area contributed by atoms with Gasteiger partial charge in [-0.2, -0.15) is 8.42 Å². The Labute approximate surface area is 112 Å². The smallest absolute Gasteiger partial charge is 0.336 e. The highest BCUT2D eigenvalue weighted by Crippen LogP contribution is 2.15. The molecule has 1 unspecified atom stereocenters. The largest absolute Gasteiger partial charge is 0.497 e. The summed E-state index contributed by atoms with van der Waals surface area (Å²) in [4.78, 5) is 11.5. The fraction of sp³-hybridized carbons (Fsp3) is 0.417. The maximum atomic E-state index is 11.5. The molecule has 0 amide bonds. The zero-order chi connectivity index (χ0) is 14.5. The third kappa shape index (κ3) is 5.27. The summed E-state index contributed by atoms with van der Waals surface area (Å²) >= 11 is 0. The van der Waals surface area contributed by atoms with Crippen molar-refractivity contribution in [2.75, 3.05) is 20.5 Å². The lowest BCUT2D eigenvalue weighted by atomic mass is 10.1. The molecule has 1 aromatic carbocycles. The molecule has 0 heterocycles. The van der Waals surface area contributed by atoms with E-state index in [4.69, 9.17) is 8.92 Å². The lowest BCUT2D eigenvalue weighted by Crippen LogP contribution is -2.30. The van der Waals surface area contributed by atoms with Crippen molar-refractivity contribution < 1.29 is 26.9 Å². The van der Waals surface area contributed by atoms with Crippen molar-refractivity contribution in [2.45, 2.75) is 12.5 Å². The Morgan fingerprint density at radius 1 is 1.21 bits per heavy atom. The SMILES string of the molecule is COC(=O)C(Cc1ccc(OC)cc1)OS(C)(=O)=O. The van der Waals surface area contributed by atoms with Gasteiger partial charge < -0.3 is 9.47 Å². The number of rotatable bonds is 6. The van der Waals surface area contributed by atoms with Gasteiger partial charge in [0.25, 0.3) is 10.1 Å². The number of ether oxygens (including phenoxy) is 2. The van der Waals surface area contributed by atoms with Gasteiger partial charge in [0.15, 0.2) is 6.10 Å². The minimum absolute atomic E-state index is 0.101.